The van der Waals surface area contributed by atoms with Crippen molar-refractivity contribution in [3.63, 3.8) is 0 Å². The van der Waals surface area contributed by atoms with Gasteiger partial charge in [-0.2, -0.15) is 4.31 Å². The smallest absolute Gasteiger partial charge is 0.249 e. The van der Waals surface area contributed by atoms with Crippen molar-refractivity contribution in [2.24, 2.45) is 5.73 Å². The first-order chi connectivity index (χ1) is 10.8. The van der Waals surface area contributed by atoms with Gasteiger partial charge in [0.15, 0.2) is 0 Å². The summed E-state index contributed by atoms with van der Waals surface area (Å²) in [6, 6.07) is 4.53. The normalized spacial score (nSPS) is 17.6. The van der Waals surface area contributed by atoms with Crippen molar-refractivity contribution in [3.05, 3.63) is 29.3 Å². The number of carbonyl (C=O) groups excluding carboxylic acids is 1. The van der Waals surface area contributed by atoms with E-state index in [1.807, 2.05) is 0 Å². The number of carbonyl (C=O) groups is 1. The molecule has 0 bridgehead atoms. The largest absolute Gasteiger partial charge is 0.366 e. The fourth-order valence-electron chi connectivity index (χ4n) is 2.99. The molecule has 1 aromatic carbocycles. The molecule has 0 unspecified atom stereocenters. The van der Waals surface area contributed by atoms with E-state index in [1.54, 1.807) is 20.0 Å². The van der Waals surface area contributed by atoms with Gasteiger partial charge in [-0.05, 0) is 57.1 Å². The van der Waals surface area contributed by atoms with Gasteiger partial charge < -0.3 is 10.6 Å². The van der Waals surface area contributed by atoms with Crippen LogP contribution in [0.1, 0.15) is 35.7 Å². The minimum atomic E-state index is -3.63. The number of aryl methyl sites for hydroxylation is 1. The first kappa shape index (κ1) is 17.9. The van der Waals surface area contributed by atoms with Crippen LogP contribution in [0.5, 0.6) is 0 Å². The lowest BCUT2D eigenvalue weighted by Crippen LogP contribution is -2.45. The van der Waals surface area contributed by atoms with E-state index >= 15 is 0 Å². The second kappa shape index (κ2) is 6.98. The molecule has 1 amide bonds. The molecular weight excluding hydrogens is 314 g/mol. The summed E-state index contributed by atoms with van der Waals surface area (Å²) in [6.07, 6.45) is 1.64. The molecule has 1 heterocycles. The van der Waals surface area contributed by atoms with Crippen LogP contribution >= 0.6 is 0 Å². The molecule has 0 saturated carbocycles. The van der Waals surface area contributed by atoms with Gasteiger partial charge >= 0.3 is 0 Å². The summed E-state index contributed by atoms with van der Waals surface area (Å²) in [4.78, 5) is 13.9. The predicted molar refractivity (Wildman–Crippen MR) is 89.8 cm³/mol. The van der Waals surface area contributed by atoms with Crippen molar-refractivity contribution in [1.82, 2.24) is 9.21 Å². The average Bonchev–Trinajstić information content (AvgIpc) is 2.54. The maximum Gasteiger partial charge on any atom is 0.249 e. The van der Waals surface area contributed by atoms with E-state index in [1.165, 1.54) is 16.4 Å². The van der Waals surface area contributed by atoms with Crippen molar-refractivity contribution in [1.29, 1.82) is 0 Å². The summed E-state index contributed by atoms with van der Waals surface area (Å²) in [5.41, 5.74) is 6.25. The third-order valence-corrected chi connectivity index (χ3v) is 6.58. The Morgan fingerprint density at radius 3 is 2.48 bits per heavy atom. The van der Waals surface area contributed by atoms with Crippen molar-refractivity contribution in [2.45, 2.75) is 37.6 Å². The second-order valence-corrected chi connectivity index (χ2v) is 8.03. The first-order valence-corrected chi connectivity index (χ1v) is 9.32. The molecule has 6 nitrogen and oxygen atoms in total. The van der Waals surface area contributed by atoms with Crippen LogP contribution in [-0.4, -0.2) is 56.3 Å². The molecule has 0 aromatic heterocycles. The number of hydrogen-bond acceptors (Lipinski definition) is 4. The molecular formula is C16H25N3O3S. The minimum Gasteiger partial charge on any atom is -0.366 e. The van der Waals surface area contributed by atoms with Gasteiger partial charge in [-0.25, -0.2) is 8.42 Å². The molecule has 128 valence electrons. The van der Waals surface area contributed by atoms with Gasteiger partial charge in [0.2, 0.25) is 15.9 Å². The molecule has 1 fully saturated rings. The lowest BCUT2D eigenvalue weighted by Gasteiger charge is -2.35. The Balaban J connectivity index is 2.24. The highest BCUT2D eigenvalue weighted by molar-refractivity contribution is 7.89. The molecule has 1 aliphatic rings. The van der Waals surface area contributed by atoms with Gasteiger partial charge in [0.1, 0.15) is 0 Å². The Bertz CT molecular complexity index is 680. The van der Waals surface area contributed by atoms with Crippen LogP contribution in [0.2, 0.25) is 0 Å². The molecule has 0 radical (unpaired) electrons. The minimum absolute atomic E-state index is 0.0128. The summed E-state index contributed by atoms with van der Waals surface area (Å²) in [6.45, 7) is 6.64. The highest BCUT2D eigenvalue weighted by atomic mass is 32.2. The fraction of sp³-hybridized carbons (Fsp3) is 0.562. The fourth-order valence-corrected chi connectivity index (χ4v) is 4.43. The van der Waals surface area contributed by atoms with E-state index < -0.39 is 15.9 Å². The highest BCUT2D eigenvalue weighted by Crippen LogP contribution is 2.24. The second-order valence-electron chi connectivity index (χ2n) is 6.03. The lowest BCUT2D eigenvalue weighted by molar-refractivity contribution is 0.0999. The SMILES string of the molecule is CCN1CCC(N(C)S(=O)(=O)c2ccc(C)c(C(N)=O)c2)CC1. The zero-order valence-electron chi connectivity index (χ0n) is 13.9. The van der Waals surface area contributed by atoms with Crippen LogP contribution in [0.4, 0.5) is 0 Å². The molecule has 0 aliphatic carbocycles. The number of primary amides is 1. The van der Waals surface area contributed by atoms with E-state index in [9.17, 15) is 13.2 Å². The van der Waals surface area contributed by atoms with Crippen molar-refractivity contribution in [3.8, 4) is 0 Å². The number of nitrogens with two attached hydrogens (primary N) is 1. The van der Waals surface area contributed by atoms with E-state index in [0.717, 1.165) is 32.5 Å². The third kappa shape index (κ3) is 3.73. The average molecular weight is 339 g/mol. The molecule has 2 N–H and O–H groups in total. The summed E-state index contributed by atoms with van der Waals surface area (Å²) >= 11 is 0. The highest BCUT2D eigenvalue weighted by Gasteiger charge is 2.31. The van der Waals surface area contributed by atoms with Crippen LogP contribution in [0.3, 0.4) is 0 Å². The van der Waals surface area contributed by atoms with Gasteiger partial charge in [-0.15, -0.1) is 0 Å². The van der Waals surface area contributed by atoms with Crippen LogP contribution < -0.4 is 5.73 Å². The maximum absolute atomic E-state index is 12.8. The molecule has 0 spiro atoms. The molecule has 0 atom stereocenters. The maximum atomic E-state index is 12.8. The predicted octanol–water partition coefficient (Wildman–Crippen LogP) is 1.20. The lowest BCUT2D eigenvalue weighted by atomic mass is 10.1. The zero-order valence-corrected chi connectivity index (χ0v) is 14.8. The topological polar surface area (TPSA) is 83.7 Å². The number of rotatable bonds is 5. The number of amides is 1. The van der Waals surface area contributed by atoms with E-state index in [2.05, 4.69) is 11.8 Å². The van der Waals surface area contributed by atoms with Gasteiger partial charge in [0, 0.05) is 18.7 Å². The molecule has 23 heavy (non-hydrogen) atoms. The zero-order chi connectivity index (χ0) is 17.2. The number of nitrogens with zero attached hydrogens (tertiary/aromatic N) is 2. The van der Waals surface area contributed by atoms with E-state index in [4.69, 9.17) is 5.73 Å². The molecule has 2 rings (SSSR count). The van der Waals surface area contributed by atoms with Crippen LogP contribution in [-0.2, 0) is 10.0 Å². The van der Waals surface area contributed by atoms with Gasteiger partial charge in [-0.1, -0.05) is 13.0 Å². The Morgan fingerprint density at radius 2 is 1.96 bits per heavy atom. The number of likely N-dealkylation sites (tertiary alicyclic amines) is 1. The molecule has 7 heteroatoms. The number of piperidine rings is 1. The third-order valence-electron chi connectivity index (χ3n) is 4.67. The Hall–Kier alpha value is -1.44. The van der Waals surface area contributed by atoms with Crippen LogP contribution in [0.15, 0.2) is 23.1 Å². The summed E-state index contributed by atoms with van der Waals surface area (Å²) in [5.74, 6) is -0.613. The Labute approximate surface area is 138 Å². The van der Waals surface area contributed by atoms with Crippen molar-refractivity contribution in [2.75, 3.05) is 26.7 Å². The molecule has 1 aromatic rings. The van der Waals surface area contributed by atoms with Crippen LogP contribution in [0.25, 0.3) is 0 Å². The van der Waals surface area contributed by atoms with Crippen molar-refractivity contribution >= 4 is 15.9 Å². The van der Waals surface area contributed by atoms with Crippen LogP contribution in [0, 0.1) is 6.92 Å². The standard InChI is InChI=1S/C16H25N3O3S/c1-4-19-9-7-13(8-10-19)18(3)23(21,22)14-6-5-12(2)15(11-14)16(17)20/h5-6,11,13H,4,7-10H2,1-3H3,(H2,17,20). The quantitative estimate of drug-likeness (QED) is 0.874. The number of sulfonamides is 1. The van der Waals surface area contributed by atoms with Crippen molar-refractivity contribution < 1.29 is 13.2 Å². The van der Waals surface area contributed by atoms with Gasteiger partial charge in [-0.3, -0.25) is 4.79 Å². The number of hydrogen-bond donors (Lipinski definition) is 1. The summed E-state index contributed by atoms with van der Waals surface area (Å²) in [7, 11) is -2.01. The molecule has 1 aliphatic heterocycles. The summed E-state index contributed by atoms with van der Waals surface area (Å²) in [5, 5.41) is 0. The van der Waals surface area contributed by atoms with E-state index in [0.29, 0.717) is 5.56 Å². The van der Waals surface area contributed by atoms with E-state index in [-0.39, 0.29) is 16.5 Å². The van der Waals surface area contributed by atoms with Gasteiger partial charge in [0.05, 0.1) is 4.90 Å². The Kier molecular flexibility index (Phi) is 5.44. The Morgan fingerprint density at radius 1 is 1.35 bits per heavy atom. The summed E-state index contributed by atoms with van der Waals surface area (Å²) < 4.78 is 27.1. The molecule has 1 saturated heterocycles. The van der Waals surface area contributed by atoms with Gasteiger partial charge in [0.25, 0.3) is 0 Å². The number of benzene rings is 1. The first-order valence-electron chi connectivity index (χ1n) is 7.88. The monoisotopic (exact) mass is 339 g/mol.